The van der Waals surface area contributed by atoms with Crippen molar-refractivity contribution in [1.29, 1.82) is 0 Å². The Hall–Kier alpha value is -2.15. The maximum atomic E-state index is 12.3. The van der Waals surface area contributed by atoms with Gasteiger partial charge in [-0.1, -0.05) is 11.6 Å². The zero-order valence-corrected chi connectivity index (χ0v) is 15.5. The molecule has 4 bridgehead atoms. The fourth-order valence-electron chi connectivity index (χ4n) is 5.38. The number of carbonyl (C=O) groups is 2. The summed E-state index contributed by atoms with van der Waals surface area (Å²) in [6.45, 7) is -0.416. The molecular weight excluding hydrogens is 372 g/mol. The Morgan fingerprint density at radius 1 is 1.15 bits per heavy atom. The van der Waals surface area contributed by atoms with Gasteiger partial charge in [0.25, 0.3) is 11.6 Å². The Kier molecular flexibility index (Phi) is 4.80. The van der Waals surface area contributed by atoms with Crippen LogP contribution in [0.3, 0.4) is 0 Å². The molecule has 4 saturated carbocycles. The number of benzene rings is 1. The Balaban J connectivity index is 1.34. The van der Waals surface area contributed by atoms with E-state index in [1.54, 1.807) is 0 Å². The largest absolute Gasteiger partial charge is 0.452 e. The smallest absolute Gasteiger partial charge is 0.340 e. The standard InChI is InChI=1S/C19H21ClN2O5/c20-16-2-1-14(22(25)26)8-15(16)19(24)27-9-17(23)21-18-12-4-10-3-11(6-12)7-13(18)5-10/h1-2,8,10-13,18H,3-7,9H2,(H,21,23). The van der Waals surface area contributed by atoms with Crippen LogP contribution >= 0.6 is 11.6 Å². The van der Waals surface area contributed by atoms with E-state index in [4.69, 9.17) is 16.3 Å². The van der Waals surface area contributed by atoms with Gasteiger partial charge in [-0.15, -0.1) is 0 Å². The van der Waals surface area contributed by atoms with Gasteiger partial charge in [0.15, 0.2) is 6.61 Å². The Labute approximate surface area is 161 Å². The number of nitro benzene ring substituents is 1. The lowest BCUT2D eigenvalue weighted by atomic mass is 9.54. The lowest BCUT2D eigenvalue weighted by molar-refractivity contribution is -0.384. The highest BCUT2D eigenvalue weighted by atomic mass is 35.5. The Morgan fingerprint density at radius 2 is 1.78 bits per heavy atom. The molecule has 4 aliphatic rings. The average molecular weight is 393 g/mol. The molecule has 5 rings (SSSR count). The summed E-state index contributed by atoms with van der Waals surface area (Å²) in [7, 11) is 0. The summed E-state index contributed by atoms with van der Waals surface area (Å²) in [5.74, 6) is 1.52. The van der Waals surface area contributed by atoms with Crippen molar-refractivity contribution in [1.82, 2.24) is 5.32 Å². The molecule has 0 atom stereocenters. The van der Waals surface area contributed by atoms with E-state index in [1.807, 2.05) is 0 Å². The predicted molar refractivity (Wildman–Crippen MR) is 97.4 cm³/mol. The van der Waals surface area contributed by atoms with E-state index in [9.17, 15) is 19.7 Å². The van der Waals surface area contributed by atoms with Crippen LogP contribution < -0.4 is 5.32 Å². The van der Waals surface area contributed by atoms with Gasteiger partial charge >= 0.3 is 5.97 Å². The minimum atomic E-state index is -0.844. The van der Waals surface area contributed by atoms with Gasteiger partial charge in [-0.25, -0.2) is 4.79 Å². The number of amides is 1. The van der Waals surface area contributed by atoms with Crippen LogP contribution in [0.5, 0.6) is 0 Å². The quantitative estimate of drug-likeness (QED) is 0.470. The molecule has 0 radical (unpaired) electrons. The highest BCUT2D eigenvalue weighted by Crippen LogP contribution is 2.53. The third-order valence-corrected chi connectivity index (χ3v) is 6.60. The average Bonchev–Trinajstić information content (AvgIpc) is 2.62. The number of rotatable bonds is 5. The molecule has 0 unspecified atom stereocenters. The molecule has 0 spiro atoms. The molecule has 0 aliphatic heterocycles. The summed E-state index contributed by atoms with van der Waals surface area (Å²) in [5.41, 5.74) is -0.377. The summed E-state index contributed by atoms with van der Waals surface area (Å²) in [6.07, 6.45) is 6.07. The van der Waals surface area contributed by atoms with E-state index in [-0.39, 0.29) is 28.2 Å². The van der Waals surface area contributed by atoms with Crippen molar-refractivity contribution < 1.29 is 19.2 Å². The molecule has 27 heavy (non-hydrogen) atoms. The number of halogens is 1. The molecule has 1 amide bonds. The van der Waals surface area contributed by atoms with Crippen molar-refractivity contribution >= 4 is 29.2 Å². The van der Waals surface area contributed by atoms with Gasteiger partial charge < -0.3 is 10.1 Å². The number of hydrogen-bond acceptors (Lipinski definition) is 5. The first-order valence-corrected chi connectivity index (χ1v) is 9.69. The van der Waals surface area contributed by atoms with Crippen LogP contribution in [-0.4, -0.2) is 29.4 Å². The third kappa shape index (κ3) is 3.65. The fourth-order valence-corrected chi connectivity index (χ4v) is 5.58. The van der Waals surface area contributed by atoms with Crippen molar-refractivity contribution in [3.63, 3.8) is 0 Å². The van der Waals surface area contributed by atoms with Crippen LogP contribution in [0.15, 0.2) is 18.2 Å². The molecule has 0 heterocycles. The highest BCUT2D eigenvalue weighted by molar-refractivity contribution is 6.33. The van der Waals surface area contributed by atoms with Crippen LogP contribution in [0.2, 0.25) is 5.02 Å². The van der Waals surface area contributed by atoms with Crippen LogP contribution in [-0.2, 0) is 9.53 Å². The molecule has 0 aromatic heterocycles. The summed E-state index contributed by atoms with van der Waals surface area (Å²) in [6, 6.07) is 3.70. The first kappa shape index (κ1) is 18.2. The first-order chi connectivity index (χ1) is 12.9. The number of nitrogens with zero attached hydrogens (tertiary/aromatic N) is 1. The number of non-ortho nitro benzene ring substituents is 1. The van der Waals surface area contributed by atoms with Crippen molar-refractivity contribution in [2.24, 2.45) is 23.7 Å². The van der Waals surface area contributed by atoms with Crippen LogP contribution in [0.1, 0.15) is 42.5 Å². The van der Waals surface area contributed by atoms with Crippen molar-refractivity contribution in [2.75, 3.05) is 6.61 Å². The molecular formula is C19H21ClN2O5. The summed E-state index contributed by atoms with van der Waals surface area (Å²) >= 11 is 5.93. The molecule has 1 aromatic carbocycles. The van der Waals surface area contributed by atoms with E-state index in [0.29, 0.717) is 11.8 Å². The lowest BCUT2D eigenvalue weighted by Gasteiger charge is -2.54. The molecule has 8 heteroatoms. The first-order valence-electron chi connectivity index (χ1n) is 9.31. The third-order valence-electron chi connectivity index (χ3n) is 6.27. The Bertz CT molecular complexity index is 768. The normalized spacial score (nSPS) is 30.8. The summed E-state index contributed by atoms with van der Waals surface area (Å²) in [4.78, 5) is 34.7. The zero-order valence-electron chi connectivity index (χ0n) is 14.7. The van der Waals surface area contributed by atoms with Crippen LogP contribution in [0.25, 0.3) is 0 Å². The SMILES string of the molecule is O=C(COC(=O)c1cc([N+](=O)[O-])ccc1Cl)NC1C2CC3CC(C2)CC1C3. The lowest BCUT2D eigenvalue weighted by Crippen LogP contribution is -2.56. The van der Waals surface area contributed by atoms with Crippen molar-refractivity contribution in [3.8, 4) is 0 Å². The van der Waals surface area contributed by atoms with E-state index in [2.05, 4.69) is 5.32 Å². The number of nitro groups is 1. The maximum absolute atomic E-state index is 12.3. The molecule has 4 fully saturated rings. The second-order valence-corrected chi connectivity index (χ2v) is 8.43. The molecule has 144 valence electrons. The fraction of sp³-hybridized carbons (Fsp3) is 0.579. The van der Waals surface area contributed by atoms with E-state index in [0.717, 1.165) is 17.9 Å². The number of esters is 1. The number of hydrogen-bond donors (Lipinski definition) is 1. The monoisotopic (exact) mass is 392 g/mol. The molecule has 7 nitrogen and oxygen atoms in total. The number of ether oxygens (including phenoxy) is 1. The van der Waals surface area contributed by atoms with Gasteiger partial charge in [0.05, 0.1) is 15.5 Å². The zero-order chi connectivity index (χ0) is 19.1. The second-order valence-electron chi connectivity index (χ2n) is 8.02. The molecule has 0 saturated heterocycles. The second kappa shape index (κ2) is 7.11. The minimum absolute atomic E-state index is 0.0482. The summed E-state index contributed by atoms with van der Waals surface area (Å²) < 4.78 is 5.04. The summed E-state index contributed by atoms with van der Waals surface area (Å²) in [5, 5.41) is 13.9. The highest BCUT2D eigenvalue weighted by Gasteiger charge is 2.48. The van der Waals surface area contributed by atoms with E-state index < -0.39 is 17.5 Å². The molecule has 1 N–H and O–H groups in total. The van der Waals surface area contributed by atoms with E-state index >= 15 is 0 Å². The van der Waals surface area contributed by atoms with E-state index in [1.165, 1.54) is 44.2 Å². The van der Waals surface area contributed by atoms with Gasteiger partial charge in [0.2, 0.25) is 0 Å². The van der Waals surface area contributed by atoms with Crippen molar-refractivity contribution in [2.45, 2.75) is 38.1 Å². The van der Waals surface area contributed by atoms with Gasteiger partial charge in [0, 0.05) is 18.2 Å². The topological polar surface area (TPSA) is 98.5 Å². The molecule has 1 aromatic rings. The van der Waals surface area contributed by atoms with Gasteiger partial charge in [0.1, 0.15) is 0 Å². The Morgan fingerprint density at radius 3 is 2.37 bits per heavy atom. The number of carbonyl (C=O) groups excluding carboxylic acids is 2. The molecule has 4 aliphatic carbocycles. The minimum Gasteiger partial charge on any atom is -0.452 e. The van der Waals surface area contributed by atoms with Crippen LogP contribution in [0.4, 0.5) is 5.69 Å². The number of nitrogens with one attached hydrogen (secondary N) is 1. The van der Waals surface area contributed by atoms with Crippen molar-refractivity contribution in [3.05, 3.63) is 38.9 Å². The predicted octanol–water partition coefficient (Wildman–Crippen LogP) is 3.35. The van der Waals surface area contributed by atoms with Gasteiger partial charge in [-0.05, 0) is 61.8 Å². The maximum Gasteiger partial charge on any atom is 0.340 e. The van der Waals surface area contributed by atoms with Gasteiger partial charge in [-0.2, -0.15) is 0 Å². The van der Waals surface area contributed by atoms with Crippen LogP contribution in [0, 0.1) is 33.8 Å². The van der Waals surface area contributed by atoms with Gasteiger partial charge in [-0.3, -0.25) is 14.9 Å².